The Bertz CT molecular complexity index is 602. The Morgan fingerprint density at radius 1 is 1.12 bits per heavy atom. The maximum absolute atomic E-state index is 5.03. The van der Waals surface area contributed by atoms with E-state index in [1.54, 1.807) is 25.5 Å². The maximum Gasteiger partial charge on any atom is 0.191 e. The van der Waals surface area contributed by atoms with Crippen molar-refractivity contribution in [1.82, 2.24) is 10.6 Å². The van der Waals surface area contributed by atoms with Crippen LogP contribution in [0.4, 0.5) is 5.69 Å². The van der Waals surface area contributed by atoms with Crippen LogP contribution in [0.25, 0.3) is 0 Å². The third-order valence-corrected chi connectivity index (χ3v) is 4.45. The van der Waals surface area contributed by atoms with Gasteiger partial charge in [-0.2, -0.15) is 0 Å². The van der Waals surface area contributed by atoms with E-state index in [4.69, 9.17) is 4.74 Å². The second-order valence-electron chi connectivity index (χ2n) is 5.30. The third kappa shape index (κ3) is 8.55. The van der Waals surface area contributed by atoms with Gasteiger partial charge in [0.1, 0.15) is 0 Å². The van der Waals surface area contributed by atoms with Crippen LogP contribution >= 0.6 is 35.3 Å². The van der Waals surface area contributed by atoms with Crippen LogP contribution in [0.15, 0.2) is 46.8 Å². The molecule has 3 N–H and O–H groups in total. The summed E-state index contributed by atoms with van der Waals surface area (Å²) in [7, 11) is 3.50. The molecule has 2 rings (SSSR count). The van der Waals surface area contributed by atoms with E-state index < -0.39 is 0 Å². The summed E-state index contributed by atoms with van der Waals surface area (Å²) in [6, 6.07) is 12.6. The normalized spacial score (nSPS) is 10.9. The number of nitrogens with one attached hydrogen (secondary N) is 3. The largest absolute Gasteiger partial charge is 0.383 e. The van der Waals surface area contributed by atoms with Crippen molar-refractivity contribution in [3.63, 3.8) is 0 Å². The van der Waals surface area contributed by atoms with Crippen molar-refractivity contribution in [2.24, 2.45) is 4.99 Å². The lowest BCUT2D eigenvalue weighted by molar-refractivity contribution is 0.211. The summed E-state index contributed by atoms with van der Waals surface area (Å²) in [6.07, 6.45) is 1.01. The minimum Gasteiger partial charge on any atom is -0.383 e. The molecule has 0 aliphatic heterocycles. The quantitative estimate of drug-likeness (QED) is 0.226. The van der Waals surface area contributed by atoms with Crippen molar-refractivity contribution in [2.45, 2.75) is 13.0 Å². The Hall–Kier alpha value is -1.32. The highest BCUT2D eigenvalue weighted by atomic mass is 127. The molecule has 0 bridgehead atoms. The number of thiophene rings is 1. The topological polar surface area (TPSA) is 57.7 Å². The lowest BCUT2D eigenvalue weighted by atomic mass is 10.2. The smallest absolute Gasteiger partial charge is 0.191 e. The zero-order chi connectivity index (χ0) is 17.0. The van der Waals surface area contributed by atoms with Crippen LogP contribution in [0.1, 0.15) is 10.4 Å². The molecule has 1 heterocycles. The van der Waals surface area contributed by atoms with Crippen molar-refractivity contribution in [3.8, 4) is 0 Å². The Morgan fingerprint density at radius 2 is 1.92 bits per heavy atom. The number of nitrogens with zero attached hydrogens (tertiary/aromatic N) is 1. The number of ether oxygens (including phenoxy) is 1. The van der Waals surface area contributed by atoms with Gasteiger partial charge in [0, 0.05) is 44.4 Å². The van der Waals surface area contributed by atoms with Gasteiger partial charge in [-0.05, 0) is 35.6 Å². The molecular weight excluding hydrogens is 447 g/mol. The molecule has 1 aromatic carbocycles. The molecule has 5 nitrogen and oxygen atoms in total. The molecule has 138 valence electrons. The molecule has 0 unspecified atom stereocenters. The lowest BCUT2D eigenvalue weighted by Crippen LogP contribution is -2.37. The number of guanidine groups is 1. The summed E-state index contributed by atoms with van der Waals surface area (Å²) in [5.41, 5.74) is 2.32. The number of hydrogen-bond donors (Lipinski definition) is 3. The highest BCUT2D eigenvalue weighted by molar-refractivity contribution is 14.0. The van der Waals surface area contributed by atoms with Crippen molar-refractivity contribution in [2.75, 3.05) is 39.2 Å². The fourth-order valence-corrected chi connectivity index (χ4v) is 2.91. The van der Waals surface area contributed by atoms with Crippen LogP contribution in [0.3, 0.4) is 0 Å². The van der Waals surface area contributed by atoms with E-state index >= 15 is 0 Å². The summed E-state index contributed by atoms with van der Waals surface area (Å²) >= 11 is 1.79. The van der Waals surface area contributed by atoms with Crippen LogP contribution in [-0.4, -0.2) is 39.8 Å². The van der Waals surface area contributed by atoms with E-state index in [0.717, 1.165) is 37.7 Å². The predicted octanol–water partition coefficient (Wildman–Crippen LogP) is 3.33. The van der Waals surface area contributed by atoms with Gasteiger partial charge in [0.15, 0.2) is 5.96 Å². The number of aliphatic imine (C=N–C) groups is 1. The predicted molar refractivity (Wildman–Crippen MR) is 118 cm³/mol. The molecular formula is C18H27IN4OS. The summed E-state index contributed by atoms with van der Waals surface area (Å²) in [4.78, 5) is 5.64. The van der Waals surface area contributed by atoms with Crippen LogP contribution in [0.2, 0.25) is 0 Å². The molecule has 0 aliphatic carbocycles. The highest BCUT2D eigenvalue weighted by Gasteiger charge is 2.00. The number of methoxy groups -OCH3 is 1. The number of rotatable bonds is 9. The molecule has 0 fully saturated rings. The summed E-state index contributed by atoms with van der Waals surface area (Å²) in [5.74, 6) is 0.828. The fraction of sp³-hybridized carbons (Fsp3) is 0.389. The standard InChI is InChI=1S/C18H26N4OS.HI/c1-19-18(21-10-9-17-4-3-13-24-17)22-14-15-5-7-16(8-6-15)20-11-12-23-2;/h3-8,13,20H,9-12,14H2,1-2H3,(H2,19,21,22);1H. The first-order valence-corrected chi connectivity index (χ1v) is 8.98. The van der Waals surface area contributed by atoms with Gasteiger partial charge in [-0.15, -0.1) is 35.3 Å². The molecule has 7 heteroatoms. The average molecular weight is 474 g/mol. The van der Waals surface area contributed by atoms with Crippen LogP contribution < -0.4 is 16.0 Å². The van der Waals surface area contributed by atoms with E-state index in [-0.39, 0.29) is 24.0 Å². The second-order valence-corrected chi connectivity index (χ2v) is 6.33. The van der Waals surface area contributed by atoms with E-state index in [1.165, 1.54) is 10.4 Å². The Kier molecular flexibility index (Phi) is 11.3. The van der Waals surface area contributed by atoms with E-state index in [0.29, 0.717) is 6.61 Å². The lowest BCUT2D eigenvalue weighted by Gasteiger charge is -2.12. The van der Waals surface area contributed by atoms with E-state index in [9.17, 15) is 0 Å². The van der Waals surface area contributed by atoms with Gasteiger partial charge in [0.25, 0.3) is 0 Å². The Balaban J connectivity index is 0.00000312. The number of benzene rings is 1. The first-order chi connectivity index (χ1) is 11.8. The summed E-state index contributed by atoms with van der Waals surface area (Å²) in [6.45, 7) is 3.14. The van der Waals surface area contributed by atoms with Gasteiger partial charge < -0.3 is 20.7 Å². The first kappa shape index (κ1) is 21.7. The zero-order valence-electron chi connectivity index (χ0n) is 14.7. The number of anilines is 1. The Morgan fingerprint density at radius 3 is 2.56 bits per heavy atom. The summed E-state index contributed by atoms with van der Waals surface area (Å²) in [5, 5.41) is 12.1. The molecule has 0 amide bonds. The van der Waals surface area contributed by atoms with Crippen molar-refractivity contribution < 1.29 is 4.74 Å². The SMILES string of the molecule is CN=C(NCCc1cccs1)NCc1ccc(NCCOC)cc1.I. The zero-order valence-corrected chi connectivity index (χ0v) is 17.9. The molecule has 0 radical (unpaired) electrons. The fourth-order valence-electron chi connectivity index (χ4n) is 2.20. The van der Waals surface area contributed by atoms with Crippen molar-refractivity contribution in [3.05, 3.63) is 52.2 Å². The van der Waals surface area contributed by atoms with Crippen LogP contribution in [0.5, 0.6) is 0 Å². The van der Waals surface area contributed by atoms with Gasteiger partial charge in [0.2, 0.25) is 0 Å². The summed E-state index contributed by atoms with van der Waals surface area (Å²) < 4.78 is 5.03. The molecule has 1 aromatic heterocycles. The molecule has 0 saturated heterocycles. The van der Waals surface area contributed by atoms with Gasteiger partial charge in [0.05, 0.1) is 6.61 Å². The van der Waals surface area contributed by atoms with Crippen molar-refractivity contribution in [1.29, 1.82) is 0 Å². The molecule has 0 spiro atoms. The highest BCUT2D eigenvalue weighted by Crippen LogP contribution is 2.09. The third-order valence-electron chi connectivity index (χ3n) is 3.52. The monoisotopic (exact) mass is 474 g/mol. The first-order valence-electron chi connectivity index (χ1n) is 8.10. The number of halogens is 1. The molecule has 25 heavy (non-hydrogen) atoms. The average Bonchev–Trinajstić information content (AvgIpc) is 3.13. The van der Waals surface area contributed by atoms with Gasteiger partial charge in [-0.1, -0.05) is 18.2 Å². The van der Waals surface area contributed by atoms with Crippen LogP contribution in [0, 0.1) is 0 Å². The molecule has 0 saturated carbocycles. The van der Waals surface area contributed by atoms with E-state index in [2.05, 4.69) is 62.7 Å². The van der Waals surface area contributed by atoms with Gasteiger partial charge >= 0.3 is 0 Å². The second kappa shape index (κ2) is 13.0. The molecule has 0 atom stereocenters. The molecule has 2 aromatic rings. The van der Waals surface area contributed by atoms with Gasteiger partial charge in [-0.25, -0.2) is 0 Å². The van der Waals surface area contributed by atoms with E-state index in [1.807, 2.05) is 0 Å². The molecule has 0 aliphatic rings. The minimum atomic E-state index is 0. The Labute approximate surface area is 171 Å². The minimum absolute atomic E-state index is 0. The number of hydrogen-bond acceptors (Lipinski definition) is 4. The van der Waals surface area contributed by atoms with Gasteiger partial charge in [-0.3, -0.25) is 4.99 Å². The van der Waals surface area contributed by atoms with Crippen LogP contribution in [-0.2, 0) is 17.7 Å². The maximum atomic E-state index is 5.03. The van der Waals surface area contributed by atoms with Crippen molar-refractivity contribution >= 4 is 47.0 Å².